The van der Waals surface area contributed by atoms with Crippen LogP contribution >= 0.6 is 0 Å². The van der Waals surface area contributed by atoms with Crippen LogP contribution in [0.25, 0.3) is 0 Å². The molecule has 17 heavy (non-hydrogen) atoms. The summed E-state index contributed by atoms with van der Waals surface area (Å²) in [7, 11) is 0. The minimum atomic E-state index is -0.301. The molecule has 2 N–H and O–H groups in total. The van der Waals surface area contributed by atoms with E-state index in [1.54, 1.807) is 0 Å². The molecule has 0 amide bonds. The first-order valence-corrected chi connectivity index (χ1v) is 6.17. The SMILES string of the molecule is Cc1cccc(NC(C)(CO)C2CCOC2)c1. The molecular weight excluding hydrogens is 214 g/mol. The van der Waals surface area contributed by atoms with Gasteiger partial charge in [-0.05, 0) is 38.0 Å². The minimum absolute atomic E-state index is 0.120. The first kappa shape index (κ1) is 12.4. The second-order valence-corrected chi connectivity index (χ2v) is 5.13. The van der Waals surface area contributed by atoms with E-state index in [-0.39, 0.29) is 12.1 Å². The monoisotopic (exact) mass is 235 g/mol. The van der Waals surface area contributed by atoms with E-state index in [1.807, 2.05) is 12.1 Å². The van der Waals surface area contributed by atoms with Gasteiger partial charge in [-0.1, -0.05) is 12.1 Å². The molecular formula is C14H21NO2. The van der Waals surface area contributed by atoms with Crippen molar-refractivity contribution in [2.24, 2.45) is 5.92 Å². The van der Waals surface area contributed by atoms with Gasteiger partial charge in [-0.2, -0.15) is 0 Å². The molecule has 1 aromatic rings. The molecule has 3 nitrogen and oxygen atoms in total. The Labute approximate surface area is 103 Å². The van der Waals surface area contributed by atoms with Crippen molar-refractivity contribution in [3.05, 3.63) is 29.8 Å². The second-order valence-electron chi connectivity index (χ2n) is 5.13. The summed E-state index contributed by atoms with van der Waals surface area (Å²) in [4.78, 5) is 0. The molecule has 94 valence electrons. The molecule has 0 radical (unpaired) electrons. The molecule has 1 fully saturated rings. The van der Waals surface area contributed by atoms with E-state index >= 15 is 0 Å². The fourth-order valence-corrected chi connectivity index (χ4v) is 2.36. The average Bonchev–Trinajstić information content (AvgIpc) is 2.83. The molecule has 1 aromatic carbocycles. The van der Waals surface area contributed by atoms with Crippen molar-refractivity contribution >= 4 is 5.69 Å². The quantitative estimate of drug-likeness (QED) is 0.840. The highest BCUT2D eigenvalue weighted by molar-refractivity contribution is 5.47. The minimum Gasteiger partial charge on any atom is -0.394 e. The number of aliphatic hydroxyl groups excluding tert-OH is 1. The second kappa shape index (κ2) is 5.07. The summed E-state index contributed by atoms with van der Waals surface area (Å²) < 4.78 is 5.42. The highest BCUT2D eigenvalue weighted by Gasteiger charge is 2.36. The lowest BCUT2D eigenvalue weighted by Crippen LogP contribution is -2.46. The van der Waals surface area contributed by atoms with Crippen LogP contribution in [0, 0.1) is 12.8 Å². The summed E-state index contributed by atoms with van der Waals surface area (Å²) in [6.07, 6.45) is 1.01. The Balaban J connectivity index is 2.13. The Morgan fingerprint density at radius 3 is 2.94 bits per heavy atom. The number of hydrogen-bond donors (Lipinski definition) is 2. The summed E-state index contributed by atoms with van der Waals surface area (Å²) >= 11 is 0. The van der Waals surface area contributed by atoms with Gasteiger partial charge in [0.25, 0.3) is 0 Å². The van der Waals surface area contributed by atoms with Crippen molar-refractivity contribution in [1.82, 2.24) is 0 Å². The first-order valence-electron chi connectivity index (χ1n) is 6.17. The highest BCUT2D eigenvalue weighted by Crippen LogP contribution is 2.29. The third-order valence-electron chi connectivity index (χ3n) is 3.61. The lowest BCUT2D eigenvalue weighted by molar-refractivity contribution is 0.137. The van der Waals surface area contributed by atoms with Crippen molar-refractivity contribution in [3.8, 4) is 0 Å². The van der Waals surface area contributed by atoms with E-state index in [2.05, 4.69) is 31.3 Å². The number of aryl methyl sites for hydroxylation is 1. The van der Waals surface area contributed by atoms with Gasteiger partial charge in [-0.15, -0.1) is 0 Å². The summed E-state index contributed by atoms with van der Waals surface area (Å²) in [6.45, 7) is 5.79. The fraction of sp³-hybridized carbons (Fsp3) is 0.571. The van der Waals surface area contributed by atoms with E-state index < -0.39 is 0 Å². The van der Waals surface area contributed by atoms with Gasteiger partial charge in [0.1, 0.15) is 0 Å². The van der Waals surface area contributed by atoms with Gasteiger partial charge in [0.05, 0.1) is 18.8 Å². The summed E-state index contributed by atoms with van der Waals surface area (Å²) in [6, 6.07) is 8.24. The zero-order chi connectivity index (χ0) is 12.3. The van der Waals surface area contributed by atoms with Crippen molar-refractivity contribution in [2.45, 2.75) is 25.8 Å². The van der Waals surface area contributed by atoms with Crippen molar-refractivity contribution < 1.29 is 9.84 Å². The number of rotatable bonds is 4. The van der Waals surface area contributed by atoms with Crippen LogP contribution in [0.1, 0.15) is 18.9 Å². The first-order chi connectivity index (χ1) is 8.14. The van der Waals surface area contributed by atoms with Gasteiger partial charge in [0, 0.05) is 18.2 Å². The molecule has 1 saturated heterocycles. The van der Waals surface area contributed by atoms with Gasteiger partial charge < -0.3 is 15.2 Å². The Morgan fingerprint density at radius 1 is 1.53 bits per heavy atom. The number of anilines is 1. The van der Waals surface area contributed by atoms with Crippen LogP contribution in [0.3, 0.4) is 0 Å². The van der Waals surface area contributed by atoms with Crippen LogP contribution in [-0.2, 0) is 4.74 Å². The number of ether oxygens (including phenoxy) is 1. The average molecular weight is 235 g/mol. The number of aliphatic hydroxyl groups is 1. The smallest absolute Gasteiger partial charge is 0.0662 e. The molecule has 1 aliphatic heterocycles. The van der Waals surface area contributed by atoms with E-state index in [0.29, 0.717) is 5.92 Å². The summed E-state index contributed by atoms with van der Waals surface area (Å²) in [5.41, 5.74) is 1.98. The molecule has 0 aliphatic carbocycles. The zero-order valence-electron chi connectivity index (χ0n) is 10.6. The Hall–Kier alpha value is -1.06. The van der Waals surface area contributed by atoms with E-state index in [0.717, 1.165) is 25.3 Å². The van der Waals surface area contributed by atoms with Crippen LogP contribution in [0.15, 0.2) is 24.3 Å². The van der Waals surface area contributed by atoms with Crippen LogP contribution in [-0.4, -0.2) is 30.5 Å². The molecule has 1 heterocycles. The van der Waals surface area contributed by atoms with Gasteiger partial charge in [-0.25, -0.2) is 0 Å². The maximum absolute atomic E-state index is 9.66. The molecule has 2 atom stereocenters. The third-order valence-corrected chi connectivity index (χ3v) is 3.61. The lowest BCUT2D eigenvalue weighted by atomic mass is 9.85. The van der Waals surface area contributed by atoms with Gasteiger partial charge in [-0.3, -0.25) is 0 Å². The zero-order valence-corrected chi connectivity index (χ0v) is 10.6. The maximum atomic E-state index is 9.66. The Morgan fingerprint density at radius 2 is 2.35 bits per heavy atom. The molecule has 1 aliphatic rings. The largest absolute Gasteiger partial charge is 0.394 e. The molecule has 2 unspecified atom stereocenters. The molecule has 0 aromatic heterocycles. The van der Waals surface area contributed by atoms with E-state index in [1.165, 1.54) is 5.56 Å². The standard InChI is InChI=1S/C14H21NO2/c1-11-4-3-5-13(8-11)15-14(2,10-16)12-6-7-17-9-12/h3-5,8,12,15-16H,6-7,9-10H2,1-2H3. The van der Waals surface area contributed by atoms with E-state index in [9.17, 15) is 5.11 Å². The Kier molecular flexibility index (Phi) is 3.69. The maximum Gasteiger partial charge on any atom is 0.0662 e. The molecule has 0 saturated carbocycles. The Bertz CT molecular complexity index is 374. The molecule has 0 spiro atoms. The number of nitrogens with one attached hydrogen (secondary N) is 1. The topological polar surface area (TPSA) is 41.5 Å². The van der Waals surface area contributed by atoms with Gasteiger partial charge >= 0.3 is 0 Å². The lowest BCUT2D eigenvalue weighted by Gasteiger charge is -2.35. The summed E-state index contributed by atoms with van der Waals surface area (Å²) in [5.74, 6) is 0.369. The van der Waals surface area contributed by atoms with Crippen LogP contribution in [0.2, 0.25) is 0 Å². The van der Waals surface area contributed by atoms with Crippen LogP contribution < -0.4 is 5.32 Å². The fourth-order valence-electron chi connectivity index (χ4n) is 2.36. The predicted octanol–water partition coefficient (Wildman–Crippen LogP) is 2.19. The van der Waals surface area contributed by atoms with Crippen LogP contribution in [0.5, 0.6) is 0 Å². The highest BCUT2D eigenvalue weighted by atomic mass is 16.5. The van der Waals surface area contributed by atoms with Gasteiger partial charge in [0.2, 0.25) is 0 Å². The van der Waals surface area contributed by atoms with Crippen LogP contribution in [0.4, 0.5) is 5.69 Å². The summed E-state index contributed by atoms with van der Waals surface area (Å²) in [5, 5.41) is 13.1. The van der Waals surface area contributed by atoms with Gasteiger partial charge in [0.15, 0.2) is 0 Å². The van der Waals surface area contributed by atoms with E-state index in [4.69, 9.17) is 4.74 Å². The third kappa shape index (κ3) is 2.79. The van der Waals surface area contributed by atoms with Crippen molar-refractivity contribution in [3.63, 3.8) is 0 Å². The predicted molar refractivity (Wildman–Crippen MR) is 69.2 cm³/mol. The molecule has 3 heteroatoms. The number of hydrogen-bond acceptors (Lipinski definition) is 3. The van der Waals surface area contributed by atoms with Crippen molar-refractivity contribution in [2.75, 3.05) is 25.1 Å². The van der Waals surface area contributed by atoms with Crippen molar-refractivity contribution in [1.29, 1.82) is 0 Å². The molecule has 0 bridgehead atoms. The molecule has 2 rings (SSSR count). The normalized spacial score (nSPS) is 23.4. The number of benzene rings is 1.